The zero-order valence-electron chi connectivity index (χ0n) is 32.7. The molecular weight excluding hydrogens is 606 g/mol. The van der Waals surface area contributed by atoms with Gasteiger partial charge in [0.15, 0.2) is 0 Å². The Labute approximate surface area is 292 Å². The summed E-state index contributed by atoms with van der Waals surface area (Å²) in [5.74, 6) is 0.649. The number of likely N-dealkylation sites (tertiary alicyclic amines) is 1. The number of hydrogen-bond acceptors (Lipinski definition) is 7. The Balaban J connectivity index is 0.000000625. The summed E-state index contributed by atoms with van der Waals surface area (Å²) in [7, 11) is 2.11. The van der Waals surface area contributed by atoms with Crippen LogP contribution in [0.1, 0.15) is 126 Å². The van der Waals surface area contributed by atoms with E-state index in [0.717, 1.165) is 51.9 Å². The van der Waals surface area contributed by atoms with E-state index >= 15 is 0 Å². The number of nitrogens with zero attached hydrogens (tertiary/aromatic N) is 1. The van der Waals surface area contributed by atoms with Gasteiger partial charge in [-0.15, -0.1) is 0 Å². The van der Waals surface area contributed by atoms with Crippen LogP contribution in [0.3, 0.4) is 0 Å². The van der Waals surface area contributed by atoms with Crippen molar-refractivity contribution in [2.75, 3.05) is 33.2 Å². The quantitative estimate of drug-likeness (QED) is 0.303. The molecular formula is C38H69N5O5. The van der Waals surface area contributed by atoms with E-state index < -0.39 is 5.60 Å². The molecule has 3 rings (SSSR count). The maximum absolute atomic E-state index is 11.8. The zero-order valence-corrected chi connectivity index (χ0v) is 32.7. The van der Waals surface area contributed by atoms with Crippen molar-refractivity contribution in [3.8, 4) is 0 Å². The van der Waals surface area contributed by atoms with Crippen molar-refractivity contribution in [2.24, 2.45) is 11.8 Å². The van der Waals surface area contributed by atoms with E-state index in [1.54, 1.807) is 12.1 Å². The van der Waals surface area contributed by atoms with Gasteiger partial charge in [-0.05, 0) is 154 Å². The lowest BCUT2D eigenvalue weighted by Gasteiger charge is -2.30. The van der Waals surface area contributed by atoms with Crippen LogP contribution in [0.15, 0.2) is 30.3 Å². The Morgan fingerprint density at radius 1 is 0.667 bits per heavy atom. The number of carbonyl (C=O) groups excluding carboxylic acids is 4. The van der Waals surface area contributed by atoms with Gasteiger partial charge < -0.3 is 30.9 Å². The fraction of sp³-hybridized carbons (Fsp3) is 0.737. The molecule has 0 bridgehead atoms. The van der Waals surface area contributed by atoms with Gasteiger partial charge in [-0.3, -0.25) is 14.4 Å². The Morgan fingerprint density at radius 2 is 1.06 bits per heavy atom. The molecule has 10 heteroatoms. The number of carbonyl (C=O) groups is 4. The van der Waals surface area contributed by atoms with Crippen molar-refractivity contribution in [3.63, 3.8) is 0 Å². The standard InChI is InChI=1S/C11H22N2O.C11H14O2.C10H20N2O.C6H13NO/c1-11(2,3)12-10(14)9-5-7-13(4)8-6-9;1-11(2,3)13-10(12)9-7-5-4-6-8-9;1-10(2,3)12-9(13)8-4-6-11-7-5-8;1-5(8)7-6(2,3)4/h9H,5-8H2,1-4H3,(H,12,14);4-8H,1-3H3;8,11H,4-7H2,1-3H3,(H,12,13);1-4H3,(H,7,8). The van der Waals surface area contributed by atoms with Gasteiger partial charge in [-0.2, -0.15) is 0 Å². The van der Waals surface area contributed by atoms with Crippen LogP contribution in [0.2, 0.25) is 0 Å². The molecule has 1 aromatic rings. The average Bonchev–Trinajstić information content (AvgIpc) is 2.91. The number of hydrogen-bond donors (Lipinski definition) is 4. The zero-order chi connectivity index (χ0) is 37.3. The number of esters is 1. The minimum Gasteiger partial charge on any atom is -0.456 e. The number of benzene rings is 1. The maximum atomic E-state index is 11.8. The first kappa shape index (κ1) is 45.0. The van der Waals surface area contributed by atoms with Crippen molar-refractivity contribution < 1.29 is 23.9 Å². The van der Waals surface area contributed by atoms with E-state index in [1.165, 1.54) is 6.92 Å². The monoisotopic (exact) mass is 676 g/mol. The van der Waals surface area contributed by atoms with E-state index in [9.17, 15) is 19.2 Å². The molecule has 4 N–H and O–H groups in total. The van der Waals surface area contributed by atoms with Gasteiger partial charge in [0.25, 0.3) is 0 Å². The molecule has 2 aliphatic rings. The van der Waals surface area contributed by atoms with Crippen LogP contribution in [-0.4, -0.2) is 84.0 Å². The van der Waals surface area contributed by atoms with Gasteiger partial charge in [0.05, 0.1) is 5.56 Å². The highest BCUT2D eigenvalue weighted by Gasteiger charge is 2.26. The molecule has 0 aromatic heterocycles. The Hall–Kier alpha value is -2.98. The van der Waals surface area contributed by atoms with Gasteiger partial charge >= 0.3 is 5.97 Å². The molecule has 0 unspecified atom stereocenters. The van der Waals surface area contributed by atoms with E-state index in [1.807, 2.05) is 101 Å². The van der Waals surface area contributed by atoms with Crippen LogP contribution in [-0.2, 0) is 19.1 Å². The van der Waals surface area contributed by atoms with Gasteiger partial charge in [0, 0.05) is 35.4 Å². The topological polar surface area (TPSA) is 129 Å². The molecule has 1 aromatic carbocycles. The number of amides is 3. The number of ether oxygens (including phenoxy) is 1. The van der Waals surface area contributed by atoms with Crippen LogP contribution in [0.25, 0.3) is 0 Å². The summed E-state index contributed by atoms with van der Waals surface area (Å²) in [4.78, 5) is 47.5. The summed E-state index contributed by atoms with van der Waals surface area (Å²) >= 11 is 0. The Kier molecular flexibility index (Phi) is 19.2. The average molecular weight is 676 g/mol. The molecule has 2 aliphatic heterocycles. The predicted molar refractivity (Wildman–Crippen MR) is 197 cm³/mol. The Morgan fingerprint density at radius 3 is 1.40 bits per heavy atom. The summed E-state index contributed by atoms with van der Waals surface area (Å²) in [6.45, 7) is 29.1. The molecule has 48 heavy (non-hydrogen) atoms. The minimum atomic E-state index is -0.424. The van der Waals surface area contributed by atoms with E-state index in [4.69, 9.17) is 4.74 Å². The first-order chi connectivity index (χ1) is 21.8. The van der Waals surface area contributed by atoms with E-state index in [2.05, 4.69) is 33.2 Å². The summed E-state index contributed by atoms with van der Waals surface area (Å²) < 4.78 is 5.18. The van der Waals surface area contributed by atoms with Crippen molar-refractivity contribution in [1.29, 1.82) is 0 Å². The molecule has 10 nitrogen and oxygen atoms in total. The largest absolute Gasteiger partial charge is 0.456 e. The predicted octanol–water partition coefficient (Wildman–Crippen LogP) is 5.71. The lowest BCUT2D eigenvalue weighted by Crippen LogP contribution is -2.46. The first-order valence-corrected chi connectivity index (χ1v) is 17.4. The second kappa shape index (κ2) is 20.5. The number of nitrogens with one attached hydrogen (secondary N) is 4. The fourth-order valence-corrected chi connectivity index (χ4v) is 4.74. The van der Waals surface area contributed by atoms with Crippen molar-refractivity contribution in [3.05, 3.63) is 35.9 Å². The van der Waals surface area contributed by atoms with Crippen LogP contribution in [0.5, 0.6) is 0 Å². The molecule has 0 atom stereocenters. The lowest BCUT2D eigenvalue weighted by atomic mass is 9.95. The van der Waals surface area contributed by atoms with Crippen LogP contribution >= 0.6 is 0 Å². The van der Waals surface area contributed by atoms with Crippen molar-refractivity contribution >= 4 is 23.7 Å². The lowest BCUT2D eigenvalue weighted by molar-refractivity contribution is -0.128. The Bertz CT molecular complexity index is 1100. The molecule has 0 spiro atoms. The van der Waals surface area contributed by atoms with Gasteiger partial charge in [0.2, 0.25) is 17.7 Å². The fourth-order valence-electron chi connectivity index (χ4n) is 4.74. The minimum absolute atomic E-state index is 0.0255. The number of rotatable bonds is 3. The molecule has 0 radical (unpaired) electrons. The third kappa shape index (κ3) is 25.1. The first-order valence-electron chi connectivity index (χ1n) is 17.4. The summed E-state index contributed by atoms with van der Waals surface area (Å²) in [6.07, 6.45) is 3.95. The third-order valence-electron chi connectivity index (χ3n) is 6.76. The third-order valence-corrected chi connectivity index (χ3v) is 6.76. The summed E-state index contributed by atoms with van der Waals surface area (Å²) in [6, 6.07) is 8.99. The van der Waals surface area contributed by atoms with Gasteiger partial charge in [0.1, 0.15) is 5.60 Å². The van der Waals surface area contributed by atoms with Gasteiger partial charge in [-0.1, -0.05) is 18.2 Å². The molecule has 2 saturated heterocycles. The van der Waals surface area contributed by atoms with Crippen molar-refractivity contribution in [2.45, 2.75) is 138 Å². The van der Waals surface area contributed by atoms with Crippen LogP contribution in [0, 0.1) is 11.8 Å². The molecule has 2 fully saturated rings. The SMILES string of the molecule is CC(=O)NC(C)(C)C.CC(C)(C)NC(=O)C1CCNCC1.CC(C)(C)OC(=O)c1ccccc1.CN1CCC(C(=O)NC(C)(C)C)CC1. The summed E-state index contributed by atoms with van der Waals surface area (Å²) in [5, 5.41) is 12.1. The second-order valence-electron chi connectivity index (χ2n) is 16.9. The molecule has 2 heterocycles. The highest BCUT2D eigenvalue weighted by molar-refractivity contribution is 5.89. The smallest absolute Gasteiger partial charge is 0.338 e. The molecule has 0 saturated carbocycles. The molecule has 276 valence electrons. The van der Waals surface area contributed by atoms with Crippen LogP contribution in [0.4, 0.5) is 0 Å². The highest BCUT2D eigenvalue weighted by atomic mass is 16.6. The normalized spacial score (nSPS) is 16.3. The molecule has 3 amide bonds. The van der Waals surface area contributed by atoms with Crippen LogP contribution < -0.4 is 21.3 Å². The van der Waals surface area contributed by atoms with Gasteiger partial charge in [-0.25, -0.2) is 4.79 Å². The number of piperidine rings is 2. The van der Waals surface area contributed by atoms with E-state index in [-0.39, 0.29) is 52.1 Å². The highest BCUT2D eigenvalue weighted by Crippen LogP contribution is 2.17. The second-order valence-corrected chi connectivity index (χ2v) is 16.9. The maximum Gasteiger partial charge on any atom is 0.338 e. The van der Waals surface area contributed by atoms with E-state index in [0.29, 0.717) is 5.56 Å². The summed E-state index contributed by atoms with van der Waals surface area (Å²) in [5.41, 5.74) is -0.0985. The van der Waals surface area contributed by atoms with Crippen molar-refractivity contribution in [1.82, 2.24) is 26.2 Å². The molecule has 0 aliphatic carbocycles.